The van der Waals surface area contributed by atoms with Crippen LogP contribution in [0, 0.1) is 0 Å². The molecule has 0 saturated carbocycles. The first kappa shape index (κ1) is 12.8. The van der Waals surface area contributed by atoms with Crippen LogP contribution in [0.4, 0.5) is 5.69 Å². The number of para-hydroxylation sites is 1. The molecular formula is C11H15N3O3S. The van der Waals surface area contributed by atoms with Crippen LogP contribution in [0.25, 0.3) is 0 Å². The quantitative estimate of drug-likeness (QED) is 0.646. The molecule has 0 bridgehead atoms. The highest BCUT2D eigenvalue weighted by molar-refractivity contribution is 7.88. The molecule has 1 saturated heterocycles. The minimum Gasteiger partial charge on any atom is -0.398 e. The number of hydrogen-bond donors (Lipinski definition) is 3. The summed E-state index contributed by atoms with van der Waals surface area (Å²) in [6.45, 7) is 0.336. The van der Waals surface area contributed by atoms with E-state index >= 15 is 0 Å². The van der Waals surface area contributed by atoms with Gasteiger partial charge in [-0.2, -0.15) is 0 Å². The standard InChI is InChI=1S/C11H15N3O3S/c12-10-4-2-1-3-8(10)7-18(16,17)14-9-5-11(15)13-6-9/h1-4,9,14H,5-7,12H2,(H,13,15). The summed E-state index contributed by atoms with van der Waals surface area (Å²) in [5.41, 5.74) is 6.70. The Hall–Kier alpha value is -1.60. The number of amides is 1. The smallest absolute Gasteiger partial charge is 0.221 e. The Morgan fingerprint density at radius 3 is 2.72 bits per heavy atom. The summed E-state index contributed by atoms with van der Waals surface area (Å²) in [7, 11) is -3.49. The second-order valence-corrected chi connectivity index (χ2v) is 6.03. The summed E-state index contributed by atoms with van der Waals surface area (Å²) in [5.74, 6) is -0.313. The van der Waals surface area contributed by atoms with Gasteiger partial charge < -0.3 is 11.1 Å². The SMILES string of the molecule is Nc1ccccc1CS(=O)(=O)NC1CNC(=O)C1. The van der Waals surface area contributed by atoms with E-state index in [0.29, 0.717) is 17.8 Å². The van der Waals surface area contributed by atoms with Gasteiger partial charge in [0.2, 0.25) is 15.9 Å². The number of nitrogens with one attached hydrogen (secondary N) is 2. The number of rotatable bonds is 4. The average molecular weight is 269 g/mol. The summed E-state index contributed by atoms with van der Waals surface area (Å²) in [6.07, 6.45) is 0.184. The molecule has 6 nitrogen and oxygen atoms in total. The van der Waals surface area contributed by atoms with Crippen LogP contribution in [-0.2, 0) is 20.6 Å². The summed E-state index contributed by atoms with van der Waals surface area (Å²) in [6, 6.07) is 6.45. The Bertz CT molecular complexity index is 556. The summed E-state index contributed by atoms with van der Waals surface area (Å²) >= 11 is 0. The van der Waals surface area contributed by atoms with Crippen molar-refractivity contribution in [1.29, 1.82) is 0 Å². The number of anilines is 1. The third-order valence-electron chi connectivity index (χ3n) is 2.72. The van der Waals surface area contributed by atoms with E-state index in [1.807, 2.05) is 0 Å². The second kappa shape index (κ2) is 4.95. The van der Waals surface area contributed by atoms with E-state index in [1.54, 1.807) is 24.3 Å². The van der Waals surface area contributed by atoms with Gasteiger partial charge >= 0.3 is 0 Å². The molecule has 2 rings (SSSR count). The van der Waals surface area contributed by atoms with Crippen molar-refractivity contribution in [2.75, 3.05) is 12.3 Å². The topological polar surface area (TPSA) is 101 Å². The molecule has 1 aliphatic rings. The van der Waals surface area contributed by atoms with E-state index in [-0.39, 0.29) is 24.1 Å². The number of carbonyl (C=O) groups excluding carboxylic acids is 1. The van der Waals surface area contributed by atoms with E-state index in [4.69, 9.17) is 5.73 Å². The lowest BCUT2D eigenvalue weighted by molar-refractivity contribution is -0.119. The van der Waals surface area contributed by atoms with E-state index in [0.717, 1.165) is 0 Å². The van der Waals surface area contributed by atoms with Crippen molar-refractivity contribution < 1.29 is 13.2 Å². The van der Waals surface area contributed by atoms with Gasteiger partial charge in [0.25, 0.3) is 0 Å². The Kier molecular flexibility index (Phi) is 3.53. The minimum absolute atomic E-state index is 0.137. The molecule has 0 aliphatic carbocycles. The fourth-order valence-corrected chi connectivity index (χ4v) is 3.28. The number of sulfonamides is 1. The lowest BCUT2D eigenvalue weighted by Crippen LogP contribution is -2.37. The minimum atomic E-state index is -3.49. The first-order valence-electron chi connectivity index (χ1n) is 5.56. The second-order valence-electron chi connectivity index (χ2n) is 4.28. The van der Waals surface area contributed by atoms with Crippen molar-refractivity contribution in [2.24, 2.45) is 0 Å². The Morgan fingerprint density at radius 2 is 2.11 bits per heavy atom. The van der Waals surface area contributed by atoms with Gasteiger partial charge in [-0.05, 0) is 11.6 Å². The number of carbonyl (C=O) groups is 1. The molecule has 98 valence electrons. The zero-order valence-corrected chi connectivity index (χ0v) is 10.5. The van der Waals surface area contributed by atoms with Crippen LogP contribution in [0.3, 0.4) is 0 Å². The van der Waals surface area contributed by atoms with Crippen molar-refractivity contribution in [1.82, 2.24) is 10.0 Å². The largest absolute Gasteiger partial charge is 0.398 e. The molecule has 0 spiro atoms. The molecule has 1 aromatic carbocycles. The summed E-state index contributed by atoms with van der Waals surface area (Å²) in [5, 5.41) is 2.58. The maximum atomic E-state index is 11.9. The van der Waals surface area contributed by atoms with Crippen LogP contribution >= 0.6 is 0 Å². The number of benzene rings is 1. The highest BCUT2D eigenvalue weighted by atomic mass is 32.2. The Morgan fingerprint density at radius 1 is 1.39 bits per heavy atom. The van der Waals surface area contributed by atoms with Crippen LogP contribution in [-0.4, -0.2) is 26.9 Å². The maximum Gasteiger partial charge on any atom is 0.221 e. The molecule has 1 fully saturated rings. The van der Waals surface area contributed by atoms with E-state index < -0.39 is 10.0 Å². The third kappa shape index (κ3) is 3.21. The van der Waals surface area contributed by atoms with Gasteiger partial charge in [-0.3, -0.25) is 4.79 Å². The van der Waals surface area contributed by atoms with Crippen LogP contribution in [0.1, 0.15) is 12.0 Å². The molecule has 18 heavy (non-hydrogen) atoms. The zero-order chi connectivity index (χ0) is 13.2. The Labute approximate surface area is 106 Å². The highest BCUT2D eigenvalue weighted by Crippen LogP contribution is 2.14. The summed E-state index contributed by atoms with van der Waals surface area (Å²) < 4.78 is 26.3. The molecule has 4 N–H and O–H groups in total. The average Bonchev–Trinajstić information content (AvgIpc) is 2.66. The number of nitrogens with two attached hydrogens (primary N) is 1. The van der Waals surface area contributed by atoms with Crippen LogP contribution in [0.2, 0.25) is 0 Å². The molecule has 1 aliphatic heterocycles. The first-order valence-corrected chi connectivity index (χ1v) is 7.21. The van der Waals surface area contributed by atoms with Crippen LogP contribution < -0.4 is 15.8 Å². The van der Waals surface area contributed by atoms with E-state index in [1.165, 1.54) is 0 Å². The lowest BCUT2D eigenvalue weighted by atomic mass is 10.2. The zero-order valence-electron chi connectivity index (χ0n) is 9.72. The molecule has 1 heterocycles. The van der Waals surface area contributed by atoms with Gasteiger partial charge in [-0.1, -0.05) is 18.2 Å². The van der Waals surface area contributed by atoms with Gasteiger partial charge in [0.05, 0.1) is 5.75 Å². The molecule has 0 aromatic heterocycles. The van der Waals surface area contributed by atoms with Gasteiger partial charge in [-0.25, -0.2) is 13.1 Å². The van der Waals surface area contributed by atoms with Crippen molar-refractivity contribution >= 4 is 21.6 Å². The number of hydrogen-bond acceptors (Lipinski definition) is 4. The predicted octanol–water partition coefficient (Wildman–Crippen LogP) is -0.423. The molecule has 0 radical (unpaired) electrons. The van der Waals surface area contributed by atoms with Crippen LogP contribution in [0.5, 0.6) is 0 Å². The van der Waals surface area contributed by atoms with Gasteiger partial charge in [-0.15, -0.1) is 0 Å². The summed E-state index contributed by atoms with van der Waals surface area (Å²) in [4.78, 5) is 11.0. The molecular weight excluding hydrogens is 254 g/mol. The maximum absolute atomic E-state index is 11.9. The first-order chi connectivity index (χ1) is 8.46. The molecule has 1 unspecified atom stereocenters. The molecule has 1 aromatic rings. The van der Waals surface area contributed by atoms with Gasteiger partial charge in [0.15, 0.2) is 0 Å². The third-order valence-corrected chi connectivity index (χ3v) is 4.11. The Balaban J connectivity index is 2.04. The predicted molar refractivity (Wildman–Crippen MR) is 68.0 cm³/mol. The van der Waals surface area contributed by atoms with Crippen molar-refractivity contribution in [3.63, 3.8) is 0 Å². The molecule has 1 atom stereocenters. The molecule has 1 amide bonds. The van der Waals surface area contributed by atoms with Crippen molar-refractivity contribution in [3.8, 4) is 0 Å². The number of nitrogen functional groups attached to an aromatic ring is 1. The van der Waals surface area contributed by atoms with Crippen molar-refractivity contribution in [2.45, 2.75) is 18.2 Å². The lowest BCUT2D eigenvalue weighted by Gasteiger charge is -2.12. The van der Waals surface area contributed by atoms with Gasteiger partial charge in [0.1, 0.15) is 0 Å². The van der Waals surface area contributed by atoms with E-state index in [9.17, 15) is 13.2 Å². The highest BCUT2D eigenvalue weighted by Gasteiger charge is 2.26. The van der Waals surface area contributed by atoms with E-state index in [2.05, 4.69) is 10.0 Å². The normalized spacial score (nSPS) is 19.8. The monoisotopic (exact) mass is 269 g/mol. The van der Waals surface area contributed by atoms with Crippen molar-refractivity contribution in [3.05, 3.63) is 29.8 Å². The molecule has 7 heteroatoms. The van der Waals surface area contributed by atoms with Gasteiger partial charge in [0, 0.05) is 24.7 Å². The van der Waals surface area contributed by atoms with Crippen LogP contribution in [0.15, 0.2) is 24.3 Å². The fourth-order valence-electron chi connectivity index (χ4n) is 1.85. The fraction of sp³-hybridized carbons (Fsp3) is 0.364.